The number of ether oxygens (including phenoxy) is 3. The molecule has 1 N–H and O–H groups in total. The zero-order valence-corrected chi connectivity index (χ0v) is 19.0. The van der Waals surface area contributed by atoms with Gasteiger partial charge in [0, 0.05) is 13.1 Å². The molecular formula is C22H28N2O6S. The highest BCUT2D eigenvalue weighted by Gasteiger charge is 2.27. The van der Waals surface area contributed by atoms with Gasteiger partial charge in [-0.2, -0.15) is 4.31 Å². The Morgan fingerprint density at radius 3 is 2.52 bits per heavy atom. The molecule has 0 saturated carbocycles. The van der Waals surface area contributed by atoms with Crippen molar-refractivity contribution in [2.75, 3.05) is 38.7 Å². The van der Waals surface area contributed by atoms with Crippen molar-refractivity contribution in [3.05, 3.63) is 47.5 Å². The summed E-state index contributed by atoms with van der Waals surface area (Å²) in [6, 6.07) is 10.0. The first-order valence-electron chi connectivity index (χ1n) is 10.0. The van der Waals surface area contributed by atoms with Crippen LogP contribution >= 0.6 is 0 Å². The second-order valence-electron chi connectivity index (χ2n) is 7.33. The Labute approximate surface area is 183 Å². The van der Waals surface area contributed by atoms with Gasteiger partial charge < -0.3 is 19.5 Å². The van der Waals surface area contributed by atoms with E-state index in [4.69, 9.17) is 14.2 Å². The Kier molecular flexibility index (Phi) is 7.19. The monoisotopic (exact) mass is 448 g/mol. The molecule has 31 heavy (non-hydrogen) atoms. The minimum absolute atomic E-state index is 0.0774. The number of hydrogen-bond acceptors (Lipinski definition) is 6. The minimum atomic E-state index is -3.71. The van der Waals surface area contributed by atoms with Crippen LogP contribution in [0.5, 0.6) is 11.5 Å². The lowest BCUT2D eigenvalue weighted by Crippen LogP contribution is -2.40. The van der Waals surface area contributed by atoms with E-state index in [1.807, 2.05) is 32.0 Å². The molecule has 1 aliphatic heterocycles. The lowest BCUT2D eigenvalue weighted by molar-refractivity contribution is -0.122. The number of methoxy groups -OCH3 is 1. The molecule has 3 rings (SSSR count). The maximum Gasteiger partial charge on any atom is 0.265 e. The van der Waals surface area contributed by atoms with Gasteiger partial charge in [-0.25, -0.2) is 8.42 Å². The summed E-state index contributed by atoms with van der Waals surface area (Å²) in [5.74, 6) is 0.562. The van der Waals surface area contributed by atoms with E-state index in [1.54, 1.807) is 6.92 Å². The molecule has 1 saturated heterocycles. The number of amides is 1. The average molecular weight is 449 g/mol. The van der Waals surface area contributed by atoms with Crippen molar-refractivity contribution in [1.29, 1.82) is 0 Å². The second-order valence-corrected chi connectivity index (χ2v) is 9.26. The topological polar surface area (TPSA) is 94.2 Å². The van der Waals surface area contributed by atoms with Crippen LogP contribution in [-0.2, 0) is 19.6 Å². The van der Waals surface area contributed by atoms with Crippen LogP contribution in [0.4, 0.5) is 5.69 Å². The molecule has 1 fully saturated rings. The number of aryl methyl sites for hydroxylation is 1. The van der Waals surface area contributed by atoms with Crippen molar-refractivity contribution in [2.45, 2.75) is 31.8 Å². The third kappa shape index (κ3) is 5.17. The van der Waals surface area contributed by atoms with Crippen LogP contribution in [-0.4, -0.2) is 58.1 Å². The van der Waals surface area contributed by atoms with Gasteiger partial charge in [0.15, 0.2) is 6.10 Å². The number of rotatable bonds is 7. The number of nitrogens with one attached hydrogen (secondary N) is 1. The van der Waals surface area contributed by atoms with Gasteiger partial charge in [0.2, 0.25) is 10.0 Å². The van der Waals surface area contributed by atoms with Crippen molar-refractivity contribution in [3.8, 4) is 11.5 Å². The maximum atomic E-state index is 13.0. The molecule has 2 aromatic carbocycles. The van der Waals surface area contributed by atoms with Crippen LogP contribution in [0.2, 0.25) is 0 Å². The van der Waals surface area contributed by atoms with Crippen LogP contribution in [0.25, 0.3) is 0 Å². The van der Waals surface area contributed by atoms with E-state index in [0.29, 0.717) is 24.7 Å². The Bertz CT molecular complexity index is 1050. The molecule has 1 atom stereocenters. The summed E-state index contributed by atoms with van der Waals surface area (Å²) < 4.78 is 43.7. The molecule has 0 radical (unpaired) electrons. The van der Waals surface area contributed by atoms with Crippen LogP contribution < -0.4 is 14.8 Å². The van der Waals surface area contributed by atoms with Crippen LogP contribution in [0.1, 0.15) is 18.1 Å². The van der Waals surface area contributed by atoms with E-state index in [0.717, 1.165) is 11.1 Å². The molecule has 0 aromatic heterocycles. The number of carbonyl (C=O) groups excluding carboxylic acids is 1. The van der Waals surface area contributed by atoms with E-state index in [2.05, 4.69) is 5.32 Å². The average Bonchev–Trinajstić information content (AvgIpc) is 2.77. The number of anilines is 1. The number of morpholine rings is 1. The van der Waals surface area contributed by atoms with Gasteiger partial charge in [-0.05, 0) is 56.2 Å². The predicted octanol–water partition coefficient (Wildman–Crippen LogP) is 2.74. The Morgan fingerprint density at radius 1 is 1.13 bits per heavy atom. The zero-order valence-electron chi connectivity index (χ0n) is 18.2. The maximum absolute atomic E-state index is 13.0. The lowest BCUT2D eigenvalue weighted by Gasteiger charge is -2.26. The van der Waals surface area contributed by atoms with E-state index < -0.39 is 22.0 Å². The van der Waals surface area contributed by atoms with Gasteiger partial charge in [0.1, 0.15) is 11.5 Å². The van der Waals surface area contributed by atoms with Crippen molar-refractivity contribution >= 4 is 21.6 Å². The minimum Gasteiger partial charge on any atom is -0.495 e. The van der Waals surface area contributed by atoms with Crippen molar-refractivity contribution in [1.82, 2.24) is 4.31 Å². The normalized spacial score (nSPS) is 15.9. The fourth-order valence-corrected chi connectivity index (χ4v) is 4.65. The van der Waals surface area contributed by atoms with Gasteiger partial charge in [-0.1, -0.05) is 12.1 Å². The molecule has 0 unspecified atom stereocenters. The molecule has 9 heteroatoms. The van der Waals surface area contributed by atoms with Crippen molar-refractivity contribution in [3.63, 3.8) is 0 Å². The number of sulfonamides is 1. The van der Waals surface area contributed by atoms with Gasteiger partial charge in [0.25, 0.3) is 5.91 Å². The number of benzene rings is 2. The van der Waals surface area contributed by atoms with Crippen molar-refractivity contribution < 1.29 is 27.4 Å². The molecule has 2 aromatic rings. The first-order valence-corrected chi connectivity index (χ1v) is 11.5. The Hall–Kier alpha value is -2.62. The van der Waals surface area contributed by atoms with Crippen LogP contribution in [0.3, 0.4) is 0 Å². The molecule has 1 aliphatic rings. The Balaban J connectivity index is 1.80. The first-order chi connectivity index (χ1) is 14.7. The van der Waals surface area contributed by atoms with Gasteiger partial charge >= 0.3 is 0 Å². The van der Waals surface area contributed by atoms with E-state index in [9.17, 15) is 13.2 Å². The molecular weight excluding hydrogens is 420 g/mol. The number of carbonyl (C=O) groups is 1. The van der Waals surface area contributed by atoms with E-state index >= 15 is 0 Å². The molecule has 8 nitrogen and oxygen atoms in total. The van der Waals surface area contributed by atoms with Crippen molar-refractivity contribution in [2.24, 2.45) is 0 Å². The summed E-state index contributed by atoms with van der Waals surface area (Å²) in [6.45, 7) is 6.82. The SMILES string of the molecule is COc1ccc(S(=O)(=O)N2CCOCC2)cc1NC(=O)[C@@H](C)Oc1cccc(C)c1C. The molecule has 1 amide bonds. The first kappa shape index (κ1) is 23.1. The summed E-state index contributed by atoms with van der Waals surface area (Å²) in [5, 5.41) is 2.73. The highest BCUT2D eigenvalue weighted by atomic mass is 32.2. The third-order valence-electron chi connectivity index (χ3n) is 5.26. The van der Waals surface area contributed by atoms with E-state index in [1.165, 1.54) is 29.6 Å². The summed E-state index contributed by atoms with van der Waals surface area (Å²) >= 11 is 0. The third-order valence-corrected chi connectivity index (χ3v) is 7.16. The largest absolute Gasteiger partial charge is 0.495 e. The second kappa shape index (κ2) is 9.67. The predicted molar refractivity (Wildman–Crippen MR) is 117 cm³/mol. The lowest BCUT2D eigenvalue weighted by atomic mass is 10.1. The number of hydrogen-bond donors (Lipinski definition) is 1. The Morgan fingerprint density at radius 2 is 1.84 bits per heavy atom. The standard InChI is InChI=1S/C22H28N2O6S/c1-15-6-5-7-20(16(15)2)30-17(3)22(25)23-19-14-18(8-9-21(19)28-4)31(26,27)24-10-12-29-13-11-24/h5-9,14,17H,10-13H2,1-4H3,(H,23,25)/t17-/m1/s1. The molecule has 1 heterocycles. The molecule has 0 aliphatic carbocycles. The molecule has 0 bridgehead atoms. The van der Waals surface area contributed by atoms with Gasteiger partial charge in [0.05, 0.1) is 30.9 Å². The quantitative estimate of drug-likeness (QED) is 0.700. The molecule has 168 valence electrons. The van der Waals surface area contributed by atoms with Gasteiger partial charge in [-0.3, -0.25) is 4.79 Å². The van der Waals surface area contributed by atoms with E-state index in [-0.39, 0.29) is 23.7 Å². The summed E-state index contributed by atoms with van der Waals surface area (Å²) in [5.41, 5.74) is 2.28. The summed E-state index contributed by atoms with van der Waals surface area (Å²) in [7, 11) is -2.25. The zero-order chi connectivity index (χ0) is 22.6. The van der Waals surface area contributed by atoms with Gasteiger partial charge in [-0.15, -0.1) is 0 Å². The summed E-state index contributed by atoms with van der Waals surface area (Å²) in [6.07, 6.45) is -0.801. The fourth-order valence-electron chi connectivity index (χ4n) is 3.21. The number of nitrogens with zero attached hydrogens (tertiary/aromatic N) is 1. The molecule has 0 spiro atoms. The highest BCUT2D eigenvalue weighted by Crippen LogP contribution is 2.30. The van der Waals surface area contributed by atoms with Crippen LogP contribution in [0, 0.1) is 13.8 Å². The van der Waals surface area contributed by atoms with Crippen LogP contribution in [0.15, 0.2) is 41.3 Å². The fraction of sp³-hybridized carbons (Fsp3) is 0.409. The smallest absolute Gasteiger partial charge is 0.265 e. The summed E-state index contributed by atoms with van der Waals surface area (Å²) in [4.78, 5) is 12.9. The highest BCUT2D eigenvalue weighted by molar-refractivity contribution is 7.89.